The van der Waals surface area contributed by atoms with Crippen LogP contribution in [0.1, 0.15) is 65.7 Å². The van der Waals surface area contributed by atoms with E-state index in [9.17, 15) is 9.59 Å². The van der Waals surface area contributed by atoms with Crippen molar-refractivity contribution in [3.8, 4) is 0 Å². The Kier molecular flexibility index (Phi) is 5.33. The van der Waals surface area contributed by atoms with Crippen molar-refractivity contribution < 1.29 is 9.59 Å². The number of hydrogen-bond acceptors (Lipinski definition) is 2. The Morgan fingerprint density at radius 3 is 2.21 bits per heavy atom. The van der Waals surface area contributed by atoms with E-state index in [0.29, 0.717) is 23.7 Å². The number of aromatic nitrogens is 1. The van der Waals surface area contributed by atoms with Gasteiger partial charge in [-0.2, -0.15) is 0 Å². The monoisotopic (exact) mass is 264 g/mol. The third kappa shape index (κ3) is 3.46. The molecule has 0 radical (unpaired) electrons. The van der Waals surface area contributed by atoms with Crippen molar-refractivity contribution in [2.75, 3.05) is 6.54 Å². The van der Waals surface area contributed by atoms with E-state index in [4.69, 9.17) is 0 Å². The fourth-order valence-electron chi connectivity index (χ4n) is 2.41. The summed E-state index contributed by atoms with van der Waals surface area (Å²) in [5, 5.41) is 2.94. The van der Waals surface area contributed by atoms with E-state index < -0.39 is 0 Å². The number of Topliss-reactive ketones (excluding diaryl/α,β-unsaturated/α-hetero) is 1. The zero-order valence-corrected chi connectivity index (χ0v) is 12.5. The van der Waals surface area contributed by atoms with Gasteiger partial charge >= 0.3 is 0 Å². The summed E-state index contributed by atoms with van der Waals surface area (Å²) in [4.78, 5) is 26.7. The first-order valence-electron chi connectivity index (χ1n) is 6.90. The molecule has 0 saturated heterocycles. The normalized spacial score (nSPS) is 10.8. The van der Waals surface area contributed by atoms with Gasteiger partial charge in [0.15, 0.2) is 5.78 Å². The van der Waals surface area contributed by atoms with E-state index >= 15 is 0 Å². The molecule has 1 aromatic rings. The van der Waals surface area contributed by atoms with Gasteiger partial charge < -0.3 is 10.3 Å². The molecule has 0 atom stereocenters. The van der Waals surface area contributed by atoms with Crippen LogP contribution in [-0.4, -0.2) is 23.2 Å². The minimum absolute atomic E-state index is 0.00899. The van der Waals surface area contributed by atoms with Crippen molar-refractivity contribution in [3.63, 3.8) is 0 Å². The molecule has 0 aromatic carbocycles. The van der Waals surface area contributed by atoms with Gasteiger partial charge in [0, 0.05) is 17.8 Å². The lowest BCUT2D eigenvalue weighted by Gasteiger charge is -2.13. The molecular formula is C15H24N2O2. The molecular weight excluding hydrogens is 240 g/mol. The predicted octanol–water partition coefficient (Wildman–Crippen LogP) is 3.00. The molecule has 0 bridgehead atoms. The van der Waals surface area contributed by atoms with Crippen molar-refractivity contribution in [2.24, 2.45) is 5.92 Å². The molecule has 1 aromatic heterocycles. The van der Waals surface area contributed by atoms with Crippen LogP contribution in [0.2, 0.25) is 0 Å². The molecule has 19 heavy (non-hydrogen) atoms. The molecule has 0 fully saturated rings. The Morgan fingerprint density at radius 1 is 1.21 bits per heavy atom. The predicted molar refractivity (Wildman–Crippen MR) is 76.7 cm³/mol. The Balaban J connectivity index is 2.84. The molecule has 4 nitrogen and oxygen atoms in total. The van der Waals surface area contributed by atoms with Gasteiger partial charge in [-0.1, -0.05) is 26.7 Å². The molecule has 1 amide bonds. The molecule has 4 heteroatoms. The number of aryl methyl sites for hydroxylation is 1. The molecule has 1 heterocycles. The zero-order valence-electron chi connectivity index (χ0n) is 12.5. The highest BCUT2D eigenvalue weighted by Gasteiger charge is 2.19. The Labute approximate surface area is 115 Å². The van der Waals surface area contributed by atoms with E-state index in [1.165, 1.54) is 6.92 Å². The largest absolute Gasteiger partial charge is 0.354 e. The number of carbonyl (C=O) groups is 2. The summed E-state index contributed by atoms with van der Waals surface area (Å²) < 4.78 is 0. The maximum absolute atomic E-state index is 12.1. The second-order valence-corrected chi connectivity index (χ2v) is 5.07. The second-order valence-electron chi connectivity index (χ2n) is 5.07. The topological polar surface area (TPSA) is 62.0 Å². The Morgan fingerprint density at radius 2 is 1.79 bits per heavy atom. The van der Waals surface area contributed by atoms with Gasteiger partial charge in [0.1, 0.15) is 5.69 Å². The fraction of sp³-hybridized carbons (Fsp3) is 0.600. The Bertz CT molecular complexity index is 471. The van der Waals surface area contributed by atoms with Gasteiger partial charge in [0.05, 0.1) is 0 Å². The molecule has 0 spiro atoms. The van der Waals surface area contributed by atoms with E-state index in [1.54, 1.807) is 0 Å². The van der Waals surface area contributed by atoms with E-state index in [2.05, 4.69) is 24.1 Å². The zero-order chi connectivity index (χ0) is 14.6. The van der Waals surface area contributed by atoms with Crippen LogP contribution < -0.4 is 5.32 Å². The van der Waals surface area contributed by atoms with Crippen molar-refractivity contribution >= 4 is 11.7 Å². The van der Waals surface area contributed by atoms with Crippen LogP contribution in [0.3, 0.4) is 0 Å². The quantitative estimate of drug-likeness (QED) is 0.776. The number of hydrogen-bond donors (Lipinski definition) is 2. The molecule has 1 rings (SSSR count). The maximum atomic E-state index is 12.1. The van der Waals surface area contributed by atoms with Gasteiger partial charge in [-0.3, -0.25) is 9.59 Å². The summed E-state index contributed by atoms with van der Waals surface area (Å²) >= 11 is 0. The van der Waals surface area contributed by atoms with Crippen molar-refractivity contribution in [1.29, 1.82) is 0 Å². The number of carbonyl (C=O) groups excluding carboxylic acids is 2. The first-order chi connectivity index (χ1) is 8.92. The lowest BCUT2D eigenvalue weighted by atomic mass is 10.0. The molecule has 0 aliphatic rings. The first-order valence-corrected chi connectivity index (χ1v) is 6.90. The molecule has 0 aliphatic heterocycles. The van der Waals surface area contributed by atoms with E-state index in [-0.39, 0.29) is 11.7 Å². The van der Waals surface area contributed by atoms with Gasteiger partial charge in [-0.25, -0.2) is 0 Å². The summed E-state index contributed by atoms with van der Waals surface area (Å²) in [7, 11) is 0. The number of amides is 1. The van der Waals surface area contributed by atoms with Gasteiger partial charge in [0.25, 0.3) is 5.91 Å². The molecule has 106 valence electrons. The van der Waals surface area contributed by atoms with Crippen molar-refractivity contribution in [2.45, 2.75) is 47.5 Å². The second kappa shape index (κ2) is 6.55. The summed E-state index contributed by atoms with van der Waals surface area (Å²) in [6.45, 7) is 10.1. The number of ketones is 1. The molecule has 0 unspecified atom stereocenters. The minimum Gasteiger partial charge on any atom is -0.354 e. The minimum atomic E-state index is -0.125. The third-order valence-electron chi connectivity index (χ3n) is 3.72. The number of aromatic amines is 1. The standard InChI is InChI=1S/C15H24N2O2/c1-6-12(7-2)8-16-15(19)14-9(3)13(11(5)18)10(4)17-14/h12,17H,6-8H2,1-5H3,(H,16,19). The fourth-order valence-corrected chi connectivity index (χ4v) is 2.41. The van der Waals surface area contributed by atoms with E-state index in [1.807, 2.05) is 13.8 Å². The highest BCUT2D eigenvalue weighted by atomic mass is 16.2. The Hall–Kier alpha value is -1.58. The van der Waals surface area contributed by atoms with Crippen LogP contribution >= 0.6 is 0 Å². The lowest BCUT2D eigenvalue weighted by molar-refractivity contribution is 0.0941. The molecule has 0 saturated carbocycles. The maximum Gasteiger partial charge on any atom is 0.268 e. The highest BCUT2D eigenvalue weighted by Crippen LogP contribution is 2.18. The summed E-state index contributed by atoms with van der Waals surface area (Å²) in [5.74, 6) is 0.373. The number of nitrogens with one attached hydrogen (secondary N) is 2. The van der Waals surface area contributed by atoms with Crippen LogP contribution in [0, 0.1) is 19.8 Å². The van der Waals surface area contributed by atoms with Gasteiger partial charge in [0.2, 0.25) is 0 Å². The highest BCUT2D eigenvalue weighted by molar-refractivity contribution is 6.02. The van der Waals surface area contributed by atoms with Gasteiger partial charge in [-0.15, -0.1) is 0 Å². The van der Waals surface area contributed by atoms with Crippen LogP contribution in [0.15, 0.2) is 0 Å². The van der Waals surface area contributed by atoms with Crippen LogP contribution in [0.4, 0.5) is 0 Å². The average Bonchev–Trinajstić information content (AvgIpc) is 2.65. The lowest BCUT2D eigenvalue weighted by Crippen LogP contribution is -2.29. The van der Waals surface area contributed by atoms with Crippen LogP contribution in [-0.2, 0) is 0 Å². The average molecular weight is 264 g/mol. The van der Waals surface area contributed by atoms with E-state index in [0.717, 1.165) is 24.1 Å². The summed E-state index contributed by atoms with van der Waals surface area (Å²) in [6.07, 6.45) is 2.11. The number of rotatable bonds is 6. The SMILES string of the molecule is CCC(CC)CNC(=O)c1[nH]c(C)c(C(C)=O)c1C. The smallest absolute Gasteiger partial charge is 0.268 e. The van der Waals surface area contributed by atoms with Crippen LogP contribution in [0.5, 0.6) is 0 Å². The van der Waals surface area contributed by atoms with Crippen LogP contribution in [0.25, 0.3) is 0 Å². The summed E-state index contributed by atoms with van der Waals surface area (Å²) in [5.41, 5.74) is 2.64. The van der Waals surface area contributed by atoms with Gasteiger partial charge in [-0.05, 0) is 32.3 Å². The number of H-pyrrole nitrogens is 1. The third-order valence-corrected chi connectivity index (χ3v) is 3.72. The molecule has 0 aliphatic carbocycles. The molecule has 2 N–H and O–H groups in total. The van der Waals surface area contributed by atoms with Crippen molar-refractivity contribution in [3.05, 3.63) is 22.5 Å². The summed E-state index contributed by atoms with van der Waals surface area (Å²) in [6, 6.07) is 0. The van der Waals surface area contributed by atoms with Crippen molar-refractivity contribution in [1.82, 2.24) is 10.3 Å². The first kappa shape index (κ1) is 15.5.